The van der Waals surface area contributed by atoms with Gasteiger partial charge in [-0.15, -0.1) is 0 Å². The molecule has 4 rings (SSSR count). The van der Waals surface area contributed by atoms with Crippen molar-refractivity contribution >= 4 is 28.1 Å². The highest BCUT2D eigenvalue weighted by Crippen LogP contribution is 2.33. The number of aliphatic carboxylic acids is 1. The third-order valence-corrected chi connectivity index (χ3v) is 4.07. The molecule has 0 aliphatic carbocycles. The maximum atomic E-state index is 11.2. The molecular formula is C16H14N2O2. The molecule has 1 aliphatic rings. The molecule has 20 heavy (non-hydrogen) atoms. The molecule has 0 bridgehead atoms. The third kappa shape index (κ3) is 1.51. The van der Waals surface area contributed by atoms with Crippen LogP contribution in [0.3, 0.4) is 0 Å². The van der Waals surface area contributed by atoms with E-state index in [1.54, 1.807) is 0 Å². The number of rotatable bonds is 1. The van der Waals surface area contributed by atoms with Crippen LogP contribution in [0, 0.1) is 0 Å². The van der Waals surface area contributed by atoms with E-state index < -0.39 is 12.0 Å². The average molecular weight is 266 g/mol. The van der Waals surface area contributed by atoms with Crippen molar-refractivity contribution < 1.29 is 9.90 Å². The molecule has 4 nitrogen and oxygen atoms in total. The summed E-state index contributed by atoms with van der Waals surface area (Å²) in [6.45, 7) is 0. The summed E-state index contributed by atoms with van der Waals surface area (Å²) >= 11 is 0. The van der Waals surface area contributed by atoms with Crippen LogP contribution in [0.2, 0.25) is 0 Å². The zero-order valence-corrected chi connectivity index (χ0v) is 10.8. The molecule has 1 unspecified atom stereocenters. The number of nitrogens with zero attached hydrogens (tertiary/aromatic N) is 1. The zero-order chi connectivity index (χ0) is 13.7. The number of pyridine rings is 1. The van der Waals surface area contributed by atoms with Crippen LogP contribution in [0.4, 0.5) is 5.69 Å². The lowest BCUT2D eigenvalue weighted by atomic mass is 9.98. The summed E-state index contributed by atoms with van der Waals surface area (Å²) in [7, 11) is 0. The van der Waals surface area contributed by atoms with E-state index in [9.17, 15) is 9.90 Å². The summed E-state index contributed by atoms with van der Waals surface area (Å²) < 4.78 is 2.12. The molecule has 1 atom stereocenters. The molecule has 100 valence electrons. The minimum Gasteiger partial charge on any atom is -0.480 e. The van der Waals surface area contributed by atoms with E-state index in [0.717, 1.165) is 23.1 Å². The Bertz CT molecular complexity index is 835. The smallest absolute Gasteiger partial charge is 0.326 e. The normalized spacial score (nSPS) is 17.9. The van der Waals surface area contributed by atoms with Crippen LogP contribution in [0.1, 0.15) is 12.0 Å². The Morgan fingerprint density at radius 3 is 2.95 bits per heavy atom. The van der Waals surface area contributed by atoms with Crippen molar-refractivity contribution in [2.45, 2.75) is 18.9 Å². The minimum absolute atomic E-state index is 0.494. The second-order valence-electron chi connectivity index (χ2n) is 5.25. The fraction of sp³-hybridized carbons (Fsp3) is 0.188. The van der Waals surface area contributed by atoms with Gasteiger partial charge in [0, 0.05) is 11.6 Å². The van der Waals surface area contributed by atoms with Crippen molar-refractivity contribution in [3.63, 3.8) is 0 Å². The summed E-state index contributed by atoms with van der Waals surface area (Å²) in [5, 5.41) is 13.6. The maximum absolute atomic E-state index is 11.2. The standard InChI is InChI=1S/C16H14N2O2/c19-16(20)12-6-5-10-7-8-18-13-4-2-1-3-11(13)9-14(18)15(10)17-12/h1-4,7-9,12,17H,5-6H2,(H,19,20). The topological polar surface area (TPSA) is 53.7 Å². The molecule has 0 spiro atoms. The van der Waals surface area contributed by atoms with E-state index in [1.165, 1.54) is 10.9 Å². The molecule has 0 amide bonds. The van der Waals surface area contributed by atoms with Gasteiger partial charge in [0.1, 0.15) is 6.04 Å². The predicted molar refractivity (Wildman–Crippen MR) is 78.3 cm³/mol. The summed E-state index contributed by atoms with van der Waals surface area (Å²) in [5.41, 5.74) is 4.35. The number of para-hydroxylation sites is 1. The highest BCUT2D eigenvalue weighted by atomic mass is 16.4. The highest BCUT2D eigenvalue weighted by Gasteiger charge is 2.25. The van der Waals surface area contributed by atoms with E-state index in [2.05, 4.69) is 40.2 Å². The van der Waals surface area contributed by atoms with Gasteiger partial charge in [-0.25, -0.2) is 4.79 Å². The Morgan fingerprint density at radius 2 is 2.10 bits per heavy atom. The number of aryl methyl sites for hydroxylation is 1. The quantitative estimate of drug-likeness (QED) is 0.712. The first-order valence-corrected chi connectivity index (χ1v) is 6.75. The van der Waals surface area contributed by atoms with E-state index in [1.807, 2.05) is 12.1 Å². The third-order valence-electron chi connectivity index (χ3n) is 4.07. The van der Waals surface area contributed by atoms with Gasteiger partial charge in [-0.2, -0.15) is 0 Å². The van der Waals surface area contributed by atoms with Gasteiger partial charge < -0.3 is 14.8 Å². The molecule has 3 heterocycles. The summed E-state index contributed by atoms with van der Waals surface area (Å²) in [5.74, 6) is -0.784. The molecule has 4 heteroatoms. The van der Waals surface area contributed by atoms with Gasteiger partial charge in [-0.1, -0.05) is 18.2 Å². The highest BCUT2D eigenvalue weighted by molar-refractivity contribution is 5.94. The zero-order valence-electron chi connectivity index (χ0n) is 10.8. The summed E-state index contributed by atoms with van der Waals surface area (Å²) in [4.78, 5) is 11.2. The molecule has 0 saturated carbocycles. The largest absolute Gasteiger partial charge is 0.480 e. The summed E-state index contributed by atoms with van der Waals surface area (Å²) in [6.07, 6.45) is 3.51. The van der Waals surface area contributed by atoms with Crippen LogP contribution in [0.25, 0.3) is 16.4 Å². The van der Waals surface area contributed by atoms with E-state index >= 15 is 0 Å². The van der Waals surface area contributed by atoms with Crippen LogP contribution in [-0.2, 0) is 11.2 Å². The molecule has 0 saturated heterocycles. The van der Waals surface area contributed by atoms with Crippen LogP contribution in [0.15, 0.2) is 42.6 Å². The van der Waals surface area contributed by atoms with Gasteiger partial charge in [0.2, 0.25) is 0 Å². The monoisotopic (exact) mass is 266 g/mol. The Kier molecular flexibility index (Phi) is 2.27. The Hall–Kier alpha value is -2.49. The van der Waals surface area contributed by atoms with Crippen molar-refractivity contribution in [3.05, 3.63) is 48.2 Å². The van der Waals surface area contributed by atoms with Gasteiger partial charge in [0.05, 0.1) is 16.7 Å². The van der Waals surface area contributed by atoms with E-state index in [-0.39, 0.29) is 0 Å². The van der Waals surface area contributed by atoms with Crippen molar-refractivity contribution in [2.75, 3.05) is 5.32 Å². The van der Waals surface area contributed by atoms with Gasteiger partial charge in [0.25, 0.3) is 0 Å². The second kappa shape index (κ2) is 4.00. The lowest BCUT2D eigenvalue weighted by Crippen LogP contribution is -2.33. The van der Waals surface area contributed by atoms with Gasteiger partial charge in [-0.3, -0.25) is 0 Å². The molecular weight excluding hydrogens is 252 g/mol. The van der Waals surface area contributed by atoms with Crippen LogP contribution in [0.5, 0.6) is 0 Å². The SMILES string of the molecule is O=C(O)C1CCc2ccn3c(cc4ccccc43)c2N1. The maximum Gasteiger partial charge on any atom is 0.326 e. The Labute approximate surface area is 115 Å². The molecule has 0 radical (unpaired) electrons. The number of hydrogen-bond acceptors (Lipinski definition) is 2. The summed E-state index contributed by atoms with van der Waals surface area (Å²) in [6, 6.07) is 11.9. The Balaban J connectivity index is 1.99. The van der Waals surface area contributed by atoms with E-state index in [4.69, 9.17) is 0 Å². The molecule has 2 N–H and O–H groups in total. The molecule has 1 aromatic carbocycles. The lowest BCUT2D eigenvalue weighted by molar-refractivity contribution is -0.138. The van der Waals surface area contributed by atoms with Crippen molar-refractivity contribution in [1.82, 2.24) is 4.40 Å². The number of carboxylic acids is 1. The minimum atomic E-state index is -0.784. The predicted octanol–water partition coefficient (Wildman–Crippen LogP) is 2.90. The van der Waals surface area contributed by atoms with Crippen LogP contribution < -0.4 is 5.32 Å². The average Bonchev–Trinajstić information content (AvgIpc) is 2.85. The van der Waals surface area contributed by atoms with Gasteiger partial charge >= 0.3 is 5.97 Å². The number of nitrogens with one attached hydrogen (secondary N) is 1. The number of fused-ring (bicyclic) bond motifs is 5. The number of carbonyl (C=O) groups is 1. The molecule has 0 fully saturated rings. The second-order valence-corrected chi connectivity index (χ2v) is 5.25. The fourth-order valence-corrected chi connectivity index (χ4v) is 3.05. The van der Waals surface area contributed by atoms with E-state index in [0.29, 0.717) is 6.42 Å². The van der Waals surface area contributed by atoms with Gasteiger partial charge in [-0.05, 0) is 36.6 Å². The fourth-order valence-electron chi connectivity index (χ4n) is 3.05. The number of hydrogen-bond donors (Lipinski definition) is 2. The molecule has 1 aliphatic heterocycles. The molecule has 2 aromatic heterocycles. The van der Waals surface area contributed by atoms with Crippen molar-refractivity contribution in [1.29, 1.82) is 0 Å². The lowest BCUT2D eigenvalue weighted by Gasteiger charge is -2.24. The van der Waals surface area contributed by atoms with Crippen molar-refractivity contribution in [3.8, 4) is 0 Å². The van der Waals surface area contributed by atoms with Crippen LogP contribution >= 0.6 is 0 Å². The molecule has 3 aromatic rings. The first-order valence-electron chi connectivity index (χ1n) is 6.75. The van der Waals surface area contributed by atoms with Crippen molar-refractivity contribution in [2.24, 2.45) is 0 Å². The number of benzene rings is 1. The first kappa shape index (κ1) is 11.3. The first-order chi connectivity index (χ1) is 9.74. The van der Waals surface area contributed by atoms with Gasteiger partial charge in [0.15, 0.2) is 0 Å². The number of aromatic nitrogens is 1. The Morgan fingerprint density at radius 1 is 1.25 bits per heavy atom. The number of carboxylic acid groups (broad SMARTS) is 1. The number of anilines is 1. The van der Waals surface area contributed by atoms with Crippen LogP contribution in [-0.4, -0.2) is 21.5 Å².